The van der Waals surface area contributed by atoms with Crippen LogP contribution in [-0.2, 0) is 11.3 Å². The lowest BCUT2D eigenvalue weighted by Crippen LogP contribution is -2.27. The van der Waals surface area contributed by atoms with Crippen LogP contribution in [0.5, 0.6) is 0 Å². The van der Waals surface area contributed by atoms with Gasteiger partial charge in [-0.1, -0.05) is 12.1 Å². The molecule has 0 aliphatic carbocycles. The number of aliphatic hydroxyl groups is 1. The predicted octanol–water partition coefficient (Wildman–Crippen LogP) is 3.14. The summed E-state index contributed by atoms with van der Waals surface area (Å²) in [6, 6.07) is 3.82. The lowest BCUT2D eigenvalue weighted by Gasteiger charge is -2.21. The molecule has 2 N–H and O–H groups in total. The SMILES string of the molecule is Cc1ccc(C)c(NC(=O)OC(C)(C)C)c1CO. The summed E-state index contributed by atoms with van der Waals surface area (Å²) in [6.45, 7) is 9.09. The molecule has 0 saturated heterocycles. The average Bonchev–Trinajstić information content (AvgIpc) is 2.21. The number of hydrogen-bond acceptors (Lipinski definition) is 3. The summed E-state index contributed by atoms with van der Waals surface area (Å²) < 4.78 is 5.20. The molecule has 0 atom stereocenters. The van der Waals surface area contributed by atoms with Crippen LogP contribution < -0.4 is 5.32 Å². The molecule has 4 nitrogen and oxygen atoms in total. The van der Waals surface area contributed by atoms with Gasteiger partial charge in [0.05, 0.1) is 12.3 Å². The van der Waals surface area contributed by atoms with Crippen molar-refractivity contribution in [2.24, 2.45) is 0 Å². The normalized spacial score (nSPS) is 11.2. The largest absolute Gasteiger partial charge is 0.444 e. The molecule has 0 bridgehead atoms. The van der Waals surface area contributed by atoms with Crippen molar-refractivity contribution in [1.82, 2.24) is 0 Å². The van der Waals surface area contributed by atoms with Gasteiger partial charge in [0, 0.05) is 5.56 Å². The third-order valence-corrected chi connectivity index (χ3v) is 2.54. The maximum Gasteiger partial charge on any atom is 0.412 e. The molecule has 0 aliphatic rings. The predicted molar refractivity (Wildman–Crippen MR) is 71.7 cm³/mol. The van der Waals surface area contributed by atoms with E-state index in [9.17, 15) is 9.90 Å². The summed E-state index contributed by atoms with van der Waals surface area (Å²) in [7, 11) is 0. The fraction of sp³-hybridized carbons (Fsp3) is 0.500. The van der Waals surface area contributed by atoms with Crippen molar-refractivity contribution in [3.63, 3.8) is 0 Å². The number of anilines is 1. The van der Waals surface area contributed by atoms with Gasteiger partial charge in [-0.3, -0.25) is 5.32 Å². The van der Waals surface area contributed by atoms with Crippen molar-refractivity contribution in [2.75, 3.05) is 5.32 Å². The van der Waals surface area contributed by atoms with Crippen LogP contribution in [0, 0.1) is 13.8 Å². The van der Waals surface area contributed by atoms with Crippen LogP contribution >= 0.6 is 0 Å². The summed E-state index contributed by atoms with van der Waals surface area (Å²) in [5.74, 6) is 0. The van der Waals surface area contributed by atoms with Crippen LogP contribution in [0.2, 0.25) is 0 Å². The van der Waals surface area contributed by atoms with Crippen molar-refractivity contribution in [1.29, 1.82) is 0 Å². The van der Waals surface area contributed by atoms with E-state index in [1.165, 1.54) is 0 Å². The molecule has 0 unspecified atom stereocenters. The van der Waals surface area contributed by atoms with E-state index >= 15 is 0 Å². The Bertz CT molecular complexity index is 447. The number of hydrogen-bond donors (Lipinski definition) is 2. The number of carbonyl (C=O) groups is 1. The molecule has 0 saturated carbocycles. The second-order valence-corrected chi connectivity index (χ2v) is 5.34. The van der Waals surface area contributed by atoms with Crippen molar-refractivity contribution >= 4 is 11.8 Å². The van der Waals surface area contributed by atoms with Gasteiger partial charge < -0.3 is 9.84 Å². The minimum Gasteiger partial charge on any atom is -0.444 e. The number of nitrogens with one attached hydrogen (secondary N) is 1. The second-order valence-electron chi connectivity index (χ2n) is 5.34. The molecule has 0 radical (unpaired) electrons. The molecule has 100 valence electrons. The Hall–Kier alpha value is -1.55. The monoisotopic (exact) mass is 251 g/mol. The highest BCUT2D eigenvalue weighted by molar-refractivity contribution is 5.87. The molecular formula is C14H21NO3. The number of ether oxygens (including phenoxy) is 1. The molecule has 0 fully saturated rings. The Kier molecular flexibility index (Phi) is 4.35. The Morgan fingerprint density at radius 3 is 2.33 bits per heavy atom. The van der Waals surface area contributed by atoms with Crippen LogP contribution in [0.15, 0.2) is 12.1 Å². The van der Waals surface area contributed by atoms with Gasteiger partial charge in [0.25, 0.3) is 0 Å². The van der Waals surface area contributed by atoms with Crippen LogP contribution in [-0.4, -0.2) is 16.8 Å². The molecule has 0 spiro atoms. The van der Waals surface area contributed by atoms with Crippen molar-refractivity contribution in [2.45, 2.75) is 46.8 Å². The summed E-state index contributed by atoms with van der Waals surface area (Å²) in [4.78, 5) is 11.7. The number of carbonyl (C=O) groups excluding carboxylic acids is 1. The number of aliphatic hydroxyl groups excluding tert-OH is 1. The van der Waals surface area contributed by atoms with Crippen molar-refractivity contribution in [3.05, 3.63) is 28.8 Å². The number of benzene rings is 1. The van der Waals surface area contributed by atoms with Crippen LogP contribution in [0.25, 0.3) is 0 Å². The van der Waals surface area contributed by atoms with Gasteiger partial charge in [0.2, 0.25) is 0 Å². The van der Waals surface area contributed by atoms with Gasteiger partial charge in [0.1, 0.15) is 5.60 Å². The van der Waals surface area contributed by atoms with E-state index in [2.05, 4.69) is 5.32 Å². The van der Waals surface area contributed by atoms with Crippen LogP contribution in [0.4, 0.5) is 10.5 Å². The van der Waals surface area contributed by atoms with Gasteiger partial charge in [-0.15, -0.1) is 0 Å². The average molecular weight is 251 g/mol. The molecular weight excluding hydrogens is 230 g/mol. The molecule has 0 aliphatic heterocycles. The first-order valence-electron chi connectivity index (χ1n) is 5.94. The Balaban J connectivity index is 2.97. The maximum absolute atomic E-state index is 11.7. The Morgan fingerprint density at radius 2 is 1.83 bits per heavy atom. The molecule has 4 heteroatoms. The molecule has 1 aromatic rings. The molecule has 0 aromatic heterocycles. The lowest BCUT2D eigenvalue weighted by molar-refractivity contribution is 0.0635. The maximum atomic E-state index is 11.7. The van der Waals surface area contributed by atoms with Gasteiger partial charge >= 0.3 is 6.09 Å². The molecule has 0 heterocycles. The summed E-state index contributed by atoms with van der Waals surface area (Å²) in [6.07, 6.45) is -0.508. The zero-order valence-corrected chi connectivity index (χ0v) is 11.6. The highest BCUT2D eigenvalue weighted by Gasteiger charge is 2.18. The van der Waals surface area contributed by atoms with E-state index in [4.69, 9.17) is 4.74 Å². The topological polar surface area (TPSA) is 58.6 Å². The Morgan fingerprint density at radius 1 is 1.28 bits per heavy atom. The van der Waals surface area contributed by atoms with Gasteiger partial charge in [-0.25, -0.2) is 4.79 Å². The van der Waals surface area contributed by atoms with Gasteiger partial charge in [0.15, 0.2) is 0 Å². The molecule has 1 aromatic carbocycles. The zero-order chi connectivity index (χ0) is 13.9. The standard InChI is InChI=1S/C14H21NO3/c1-9-6-7-10(2)12(11(9)8-16)15-13(17)18-14(3,4)5/h6-7,16H,8H2,1-5H3,(H,15,17). The molecule has 1 amide bonds. The minimum absolute atomic E-state index is 0.112. The molecule has 1 rings (SSSR count). The fourth-order valence-electron chi connectivity index (χ4n) is 1.65. The quantitative estimate of drug-likeness (QED) is 0.849. The van der Waals surface area contributed by atoms with E-state index in [0.29, 0.717) is 5.69 Å². The highest BCUT2D eigenvalue weighted by atomic mass is 16.6. The van der Waals surface area contributed by atoms with Crippen LogP contribution in [0.3, 0.4) is 0 Å². The summed E-state index contributed by atoms with van der Waals surface area (Å²) >= 11 is 0. The summed E-state index contributed by atoms with van der Waals surface area (Å²) in [5.41, 5.74) is 2.65. The van der Waals surface area contributed by atoms with E-state index in [0.717, 1.165) is 16.7 Å². The summed E-state index contributed by atoms with van der Waals surface area (Å²) in [5, 5.41) is 12.1. The third kappa shape index (κ3) is 3.74. The number of amides is 1. The van der Waals surface area contributed by atoms with Crippen molar-refractivity contribution < 1.29 is 14.6 Å². The van der Waals surface area contributed by atoms with E-state index in [-0.39, 0.29) is 6.61 Å². The van der Waals surface area contributed by atoms with Crippen molar-refractivity contribution in [3.8, 4) is 0 Å². The minimum atomic E-state index is -0.540. The van der Waals surface area contributed by atoms with Gasteiger partial charge in [-0.05, 0) is 45.7 Å². The first kappa shape index (κ1) is 14.5. The lowest BCUT2D eigenvalue weighted by atomic mass is 10.0. The van der Waals surface area contributed by atoms with E-state index in [1.54, 1.807) is 0 Å². The first-order valence-corrected chi connectivity index (χ1v) is 5.94. The number of rotatable bonds is 2. The first-order chi connectivity index (χ1) is 8.24. The Labute approximate surface area is 108 Å². The van der Waals surface area contributed by atoms with Gasteiger partial charge in [-0.2, -0.15) is 0 Å². The third-order valence-electron chi connectivity index (χ3n) is 2.54. The van der Waals surface area contributed by atoms with Crippen LogP contribution in [0.1, 0.15) is 37.5 Å². The van der Waals surface area contributed by atoms with E-state index < -0.39 is 11.7 Å². The zero-order valence-electron chi connectivity index (χ0n) is 11.6. The fourth-order valence-corrected chi connectivity index (χ4v) is 1.65. The second kappa shape index (κ2) is 5.40. The van der Waals surface area contributed by atoms with E-state index in [1.807, 2.05) is 46.8 Å². The number of aryl methyl sites for hydroxylation is 2. The smallest absolute Gasteiger partial charge is 0.412 e. The highest BCUT2D eigenvalue weighted by Crippen LogP contribution is 2.24. The molecule has 18 heavy (non-hydrogen) atoms.